The topological polar surface area (TPSA) is 74.7 Å². The molecule has 1 aliphatic heterocycles. The fourth-order valence-corrected chi connectivity index (χ4v) is 3.82. The van der Waals surface area contributed by atoms with Crippen molar-refractivity contribution in [2.45, 2.75) is 24.2 Å². The van der Waals surface area contributed by atoms with Crippen LogP contribution in [0.4, 0.5) is 0 Å². The minimum absolute atomic E-state index is 0.0124. The zero-order valence-electron chi connectivity index (χ0n) is 9.10. The minimum Gasteiger partial charge on any atom is -0.395 e. The molecule has 5 nitrogen and oxygen atoms in total. The van der Waals surface area contributed by atoms with Crippen LogP contribution >= 0.6 is 15.9 Å². The van der Waals surface area contributed by atoms with Crippen LogP contribution in [0.2, 0.25) is 0 Å². The first-order valence-electron chi connectivity index (χ1n) is 5.13. The molecule has 0 saturated carbocycles. The van der Waals surface area contributed by atoms with Gasteiger partial charge in [0.25, 0.3) is 0 Å². The normalized spacial score (nSPS) is 25.3. The summed E-state index contributed by atoms with van der Waals surface area (Å²) in [5.41, 5.74) is 0. The number of hydrogen-bond acceptors (Lipinski definition) is 4. The van der Waals surface area contributed by atoms with Crippen molar-refractivity contribution in [3.63, 3.8) is 0 Å². The van der Waals surface area contributed by atoms with E-state index in [0.29, 0.717) is 6.42 Å². The van der Waals surface area contributed by atoms with Crippen LogP contribution < -0.4 is 0 Å². The van der Waals surface area contributed by atoms with Gasteiger partial charge in [-0.15, -0.1) is 0 Å². The molecule has 16 heavy (non-hydrogen) atoms. The molecule has 7 heteroatoms. The van der Waals surface area contributed by atoms with Crippen molar-refractivity contribution >= 4 is 31.7 Å². The second-order valence-electron chi connectivity index (χ2n) is 3.93. The van der Waals surface area contributed by atoms with Gasteiger partial charge in [0.05, 0.1) is 22.9 Å². The molecule has 0 aromatic carbocycles. The van der Waals surface area contributed by atoms with Crippen molar-refractivity contribution in [1.29, 1.82) is 0 Å². The summed E-state index contributed by atoms with van der Waals surface area (Å²) in [4.78, 5) is 12.9. The Balaban J connectivity index is 2.75. The molecule has 2 atom stereocenters. The Hall–Kier alpha value is -0.140. The molecule has 1 heterocycles. The van der Waals surface area contributed by atoms with Gasteiger partial charge in [0.15, 0.2) is 9.84 Å². The highest BCUT2D eigenvalue weighted by molar-refractivity contribution is 9.10. The van der Waals surface area contributed by atoms with Gasteiger partial charge in [-0.1, -0.05) is 15.9 Å². The number of carbonyl (C=O) groups is 1. The van der Waals surface area contributed by atoms with E-state index in [1.54, 1.807) is 6.92 Å². The van der Waals surface area contributed by atoms with E-state index in [4.69, 9.17) is 5.11 Å². The van der Waals surface area contributed by atoms with Crippen molar-refractivity contribution in [3.05, 3.63) is 0 Å². The lowest BCUT2D eigenvalue weighted by atomic mass is 10.2. The Bertz CT molecular complexity index is 355. The van der Waals surface area contributed by atoms with Crippen molar-refractivity contribution in [2.75, 3.05) is 24.7 Å². The Morgan fingerprint density at radius 3 is 2.62 bits per heavy atom. The number of aliphatic hydroxyl groups excluding tert-OH is 1. The molecule has 0 spiro atoms. The average Bonchev–Trinajstić information content (AvgIpc) is 2.54. The van der Waals surface area contributed by atoms with Crippen LogP contribution in [0.25, 0.3) is 0 Å². The summed E-state index contributed by atoms with van der Waals surface area (Å²) < 4.78 is 22.7. The zero-order chi connectivity index (χ0) is 12.3. The Morgan fingerprint density at radius 1 is 1.62 bits per heavy atom. The van der Waals surface area contributed by atoms with Crippen LogP contribution in [0.5, 0.6) is 0 Å². The monoisotopic (exact) mass is 313 g/mol. The second kappa shape index (κ2) is 5.46. The summed E-state index contributed by atoms with van der Waals surface area (Å²) in [7, 11) is -3.01. The molecule has 94 valence electrons. The van der Waals surface area contributed by atoms with Crippen molar-refractivity contribution in [3.8, 4) is 0 Å². The Kier molecular flexibility index (Phi) is 4.75. The van der Waals surface area contributed by atoms with E-state index < -0.39 is 9.84 Å². The quantitative estimate of drug-likeness (QED) is 0.728. The highest BCUT2D eigenvalue weighted by Crippen LogP contribution is 2.19. The van der Waals surface area contributed by atoms with E-state index in [9.17, 15) is 13.2 Å². The number of sulfone groups is 1. The summed E-state index contributed by atoms with van der Waals surface area (Å²) in [6.45, 7) is 1.73. The molecule has 0 aromatic rings. The summed E-state index contributed by atoms with van der Waals surface area (Å²) in [5, 5.41) is 8.90. The van der Waals surface area contributed by atoms with Gasteiger partial charge in [-0.3, -0.25) is 4.79 Å². The van der Waals surface area contributed by atoms with Crippen LogP contribution in [-0.2, 0) is 14.6 Å². The molecular formula is C9H16BrNO4S. The first-order valence-corrected chi connectivity index (χ1v) is 7.87. The summed E-state index contributed by atoms with van der Waals surface area (Å²) in [5.74, 6) is -0.0294. The molecule has 1 saturated heterocycles. The highest BCUT2D eigenvalue weighted by atomic mass is 79.9. The number of rotatable bonds is 4. The smallest absolute Gasteiger partial charge is 0.236 e. The maximum Gasteiger partial charge on any atom is 0.236 e. The van der Waals surface area contributed by atoms with Crippen molar-refractivity contribution in [1.82, 2.24) is 4.90 Å². The maximum absolute atomic E-state index is 11.8. The number of carbonyl (C=O) groups excluding carboxylic acids is 1. The van der Waals surface area contributed by atoms with Gasteiger partial charge in [0, 0.05) is 12.6 Å². The third-order valence-electron chi connectivity index (χ3n) is 2.61. The van der Waals surface area contributed by atoms with Crippen LogP contribution in [0, 0.1) is 0 Å². The van der Waals surface area contributed by atoms with Gasteiger partial charge in [-0.2, -0.15) is 0 Å². The third-order valence-corrected chi connectivity index (χ3v) is 4.76. The number of nitrogens with zero attached hydrogens (tertiary/aromatic N) is 1. The molecule has 2 unspecified atom stereocenters. The van der Waals surface area contributed by atoms with Crippen LogP contribution in [0.3, 0.4) is 0 Å². The van der Waals surface area contributed by atoms with E-state index >= 15 is 0 Å². The Labute approximate surface area is 104 Å². The number of amides is 1. The maximum atomic E-state index is 11.8. The van der Waals surface area contributed by atoms with E-state index in [1.165, 1.54) is 4.90 Å². The number of aliphatic hydroxyl groups is 1. The predicted octanol–water partition coefficient (Wildman–Crippen LogP) is -0.222. The van der Waals surface area contributed by atoms with Gasteiger partial charge in [-0.05, 0) is 13.3 Å². The van der Waals surface area contributed by atoms with Crippen molar-refractivity contribution in [2.24, 2.45) is 0 Å². The lowest BCUT2D eigenvalue weighted by Gasteiger charge is -2.28. The molecule has 0 bridgehead atoms. The minimum atomic E-state index is -3.01. The number of alkyl halides is 1. The fraction of sp³-hybridized carbons (Fsp3) is 0.889. The summed E-state index contributed by atoms with van der Waals surface area (Å²) in [6, 6.07) is -0.287. The van der Waals surface area contributed by atoms with E-state index in [-0.39, 0.29) is 41.4 Å². The zero-order valence-corrected chi connectivity index (χ0v) is 11.5. The van der Waals surface area contributed by atoms with Gasteiger partial charge in [0.1, 0.15) is 0 Å². The predicted molar refractivity (Wildman–Crippen MR) is 64.2 cm³/mol. The molecule has 0 aliphatic carbocycles. The first kappa shape index (κ1) is 13.9. The first-order chi connectivity index (χ1) is 7.37. The van der Waals surface area contributed by atoms with Crippen molar-refractivity contribution < 1.29 is 18.3 Å². The molecule has 1 N–H and O–H groups in total. The molecule has 1 rings (SSSR count). The van der Waals surface area contributed by atoms with Gasteiger partial charge >= 0.3 is 0 Å². The van der Waals surface area contributed by atoms with Crippen LogP contribution in [-0.4, -0.2) is 59.9 Å². The summed E-state index contributed by atoms with van der Waals surface area (Å²) in [6.07, 6.45) is 0.466. The average molecular weight is 314 g/mol. The van der Waals surface area contributed by atoms with Crippen LogP contribution in [0.1, 0.15) is 13.3 Å². The summed E-state index contributed by atoms with van der Waals surface area (Å²) >= 11 is 3.16. The molecule has 0 aromatic heterocycles. The largest absolute Gasteiger partial charge is 0.395 e. The van der Waals surface area contributed by atoms with Gasteiger partial charge in [0.2, 0.25) is 5.91 Å². The molecule has 1 fully saturated rings. The number of hydrogen-bond donors (Lipinski definition) is 1. The van der Waals surface area contributed by atoms with E-state index in [0.717, 1.165) is 0 Å². The molecular weight excluding hydrogens is 298 g/mol. The fourth-order valence-electron chi connectivity index (χ4n) is 1.83. The molecule has 1 aliphatic rings. The van der Waals surface area contributed by atoms with Gasteiger partial charge in [-0.25, -0.2) is 8.42 Å². The SMILES string of the molecule is CC(Br)C(=O)N(CCO)C1CCS(=O)(=O)C1. The van der Waals surface area contributed by atoms with Crippen LogP contribution in [0.15, 0.2) is 0 Å². The van der Waals surface area contributed by atoms with E-state index in [2.05, 4.69) is 15.9 Å². The standard InChI is InChI=1S/C9H16BrNO4S/c1-7(10)9(13)11(3-4-12)8-2-5-16(14,15)6-8/h7-8,12H,2-6H2,1H3. The highest BCUT2D eigenvalue weighted by Gasteiger charge is 2.35. The molecule has 1 amide bonds. The molecule has 0 radical (unpaired) electrons. The third kappa shape index (κ3) is 3.43. The second-order valence-corrected chi connectivity index (χ2v) is 7.53. The van der Waals surface area contributed by atoms with E-state index in [1.807, 2.05) is 0 Å². The lowest BCUT2D eigenvalue weighted by Crippen LogP contribution is -2.45. The number of halogens is 1. The van der Waals surface area contributed by atoms with Gasteiger partial charge < -0.3 is 10.0 Å². The lowest BCUT2D eigenvalue weighted by molar-refractivity contribution is -0.132. The Morgan fingerprint density at radius 2 is 2.25 bits per heavy atom.